The van der Waals surface area contributed by atoms with E-state index in [-0.39, 0.29) is 23.8 Å². The van der Waals surface area contributed by atoms with Crippen LogP contribution in [0.15, 0.2) is 0 Å². The number of carbonyl (C=O) groups excluding carboxylic acids is 2. The number of hydrogen-bond acceptors (Lipinski definition) is 4. The average molecular weight is 425 g/mol. The summed E-state index contributed by atoms with van der Waals surface area (Å²) in [6.45, 7) is 7.67. The van der Waals surface area contributed by atoms with Gasteiger partial charge in [-0.25, -0.2) is 0 Å². The highest BCUT2D eigenvalue weighted by Crippen LogP contribution is 2.32. The highest BCUT2D eigenvalue weighted by Gasteiger charge is 2.37. The lowest BCUT2D eigenvalue weighted by molar-refractivity contribution is -0.163. The highest BCUT2D eigenvalue weighted by molar-refractivity contribution is 5.82. The highest BCUT2D eigenvalue weighted by atomic mass is 16.5. The number of rotatable bonds is 17. The SMILES string of the molecule is CCCCCCCCCCOC(=O)C1CCCCC1C(=O)OCCCCCC(C)C. The van der Waals surface area contributed by atoms with Gasteiger partial charge in [0.1, 0.15) is 0 Å². The standard InChI is InChI=1S/C26H48O4/c1-4-5-6-7-8-9-10-15-20-29-25(27)23-18-13-14-19-24(23)26(28)30-21-16-11-12-17-22(2)3/h22-24H,4-21H2,1-3H3. The molecule has 0 aromatic rings. The molecular weight excluding hydrogens is 376 g/mol. The molecule has 0 aromatic carbocycles. The zero-order valence-electron chi connectivity index (χ0n) is 20.1. The lowest BCUT2D eigenvalue weighted by Crippen LogP contribution is -2.35. The van der Waals surface area contributed by atoms with Gasteiger partial charge in [-0.2, -0.15) is 0 Å². The van der Waals surface area contributed by atoms with Crippen molar-refractivity contribution in [3.8, 4) is 0 Å². The number of ether oxygens (including phenoxy) is 2. The minimum atomic E-state index is -0.305. The molecule has 4 nitrogen and oxygen atoms in total. The molecule has 1 aliphatic rings. The average Bonchev–Trinajstić information content (AvgIpc) is 2.74. The van der Waals surface area contributed by atoms with Crippen LogP contribution in [0, 0.1) is 17.8 Å². The molecule has 0 spiro atoms. The molecule has 30 heavy (non-hydrogen) atoms. The smallest absolute Gasteiger partial charge is 0.309 e. The summed E-state index contributed by atoms with van der Waals surface area (Å²) in [6.07, 6.45) is 17.7. The van der Waals surface area contributed by atoms with E-state index in [2.05, 4.69) is 20.8 Å². The first-order valence-corrected chi connectivity index (χ1v) is 12.9. The molecule has 1 rings (SSSR count). The van der Waals surface area contributed by atoms with E-state index in [1.807, 2.05) is 0 Å². The van der Waals surface area contributed by atoms with Crippen molar-refractivity contribution in [3.05, 3.63) is 0 Å². The van der Waals surface area contributed by atoms with Gasteiger partial charge in [-0.05, 0) is 31.6 Å². The number of unbranched alkanes of at least 4 members (excludes halogenated alkanes) is 9. The van der Waals surface area contributed by atoms with Crippen LogP contribution in [0.3, 0.4) is 0 Å². The molecule has 1 aliphatic carbocycles. The molecule has 0 amide bonds. The van der Waals surface area contributed by atoms with E-state index in [0.29, 0.717) is 13.2 Å². The van der Waals surface area contributed by atoms with E-state index in [0.717, 1.165) is 57.3 Å². The Hall–Kier alpha value is -1.06. The maximum Gasteiger partial charge on any atom is 0.309 e. The van der Waals surface area contributed by atoms with Gasteiger partial charge in [-0.15, -0.1) is 0 Å². The molecule has 0 saturated heterocycles. The third-order valence-electron chi connectivity index (χ3n) is 6.28. The van der Waals surface area contributed by atoms with Gasteiger partial charge in [-0.3, -0.25) is 9.59 Å². The Balaban J connectivity index is 2.20. The Morgan fingerprint density at radius 1 is 0.700 bits per heavy atom. The topological polar surface area (TPSA) is 52.6 Å². The summed E-state index contributed by atoms with van der Waals surface area (Å²) in [5.74, 6) is -0.252. The second-order valence-corrected chi connectivity index (χ2v) is 9.55. The van der Waals surface area contributed by atoms with Crippen LogP contribution in [0.5, 0.6) is 0 Å². The van der Waals surface area contributed by atoms with Crippen LogP contribution in [-0.2, 0) is 19.1 Å². The summed E-state index contributed by atoms with van der Waals surface area (Å²) < 4.78 is 11.1. The van der Waals surface area contributed by atoms with Gasteiger partial charge < -0.3 is 9.47 Å². The van der Waals surface area contributed by atoms with E-state index >= 15 is 0 Å². The Kier molecular flexibility index (Phi) is 15.8. The molecule has 176 valence electrons. The van der Waals surface area contributed by atoms with E-state index < -0.39 is 0 Å². The molecule has 4 heteroatoms. The zero-order valence-corrected chi connectivity index (χ0v) is 20.1. The third kappa shape index (κ3) is 12.6. The fourth-order valence-corrected chi connectivity index (χ4v) is 4.32. The fraction of sp³-hybridized carbons (Fsp3) is 0.923. The molecule has 2 atom stereocenters. The molecule has 0 heterocycles. The summed E-state index contributed by atoms with van der Waals surface area (Å²) in [7, 11) is 0. The van der Waals surface area contributed by atoms with Crippen molar-refractivity contribution < 1.29 is 19.1 Å². The number of hydrogen-bond donors (Lipinski definition) is 0. The van der Waals surface area contributed by atoms with Gasteiger partial charge in [0.05, 0.1) is 25.0 Å². The first-order chi connectivity index (χ1) is 14.6. The predicted molar refractivity (Wildman–Crippen MR) is 123 cm³/mol. The number of carbonyl (C=O) groups is 2. The fourth-order valence-electron chi connectivity index (χ4n) is 4.32. The molecule has 2 unspecified atom stereocenters. The quantitative estimate of drug-likeness (QED) is 0.182. The van der Waals surface area contributed by atoms with E-state index in [9.17, 15) is 9.59 Å². The monoisotopic (exact) mass is 424 g/mol. The van der Waals surface area contributed by atoms with Crippen molar-refractivity contribution in [3.63, 3.8) is 0 Å². The van der Waals surface area contributed by atoms with E-state index in [1.165, 1.54) is 51.4 Å². The maximum atomic E-state index is 12.6. The summed E-state index contributed by atoms with van der Waals surface area (Å²) in [5.41, 5.74) is 0. The van der Waals surface area contributed by atoms with Crippen molar-refractivity contribution in [2.24, 2.45) is 17.8 Å². The van der Waals surface area contributed by atoms with Crippen LogP contribution in [-0.4, -0.2) is 25.2 Å². The van der Waals surface area contributed by atoms with Gasteiger partial charge in [0.2, 0.25) is 0 Å². The summed E-state index contributed by atoms with van der Waals surface area (Å²) >= 11 is 0. The first-order valence-electron chi connectivity index (χ1n) is 12.9. The zero-order chi connectivity index (χ0) is 22.0. The summed E-state index contributed by atoms with van der Waals surface area (Å²) in [5, 5.41) is 0. The van der Waals surface area contributed by atoms with Gasteiger partial charge in [0.15, 0.2) is 0 Å². The Morgan fingerprint density at radius 3 is 1.60 bits per heavy atom. The first kappa shape index (κ1) is 27.0. The normalized spacial score (nSPS) is 19.1. The van der Waals surface area contributed by atoms with Gasteiger partial charge in [0.25, 0.3) is 0 Å². The minimum Gasteiger partial charge on any atom is -0.465 e. The van der Waals surface area contributed by atoms with Crippen molar-refractivity contribution >= 4 is 11.9 Å². The minimum absolute atomic E-state index is 0.184. The van der Waals surface area contributed by atoms with E-state index in [1.54, 1.807) is 0 Å². The molecule has 0 aromatic heterocycles. The third-order valence-corrected chi connectivity index (χ3v) is 6.28. The van der Waals surface area contributed by atoms with Crippen molar-refractivity contribution in [2.45, 2.75) is 124 Å². The summed E-state index contributed by atoms with van der Waals surface area (Å²) in [4.78, 5) is 25.1. The Labute approximate surface area is 185 Å². The van der Waals surface area contributed by atoms with Crippen molar-refractivity contribution in [1.29, 1.82) is 0 Å². The van der Waals surface area contributed by atoms with Crippen LogP contribution < -0.4 is 0 Å². The molecule has 0 N–H and O–H groups in total. The molecule has 1 saturated carbocycles. The Bertz CT molecular complexity index is 446. The molecule has 1 fully saturated rings. The Morgan fingerprint density at radius 2 is 1.13 bits per heavy atom. The molecule has 0 radical (unpaired) electrons. The van der Waals surface area contributed by atoms with Gasteiger partial charge in [-0.1, -0.05) is 97.8 Å². The lowest BCUT2D eigenvalue weighted by atomic mass is 9.79. The van der Waals surface area contributed by atoms with Gasteiger partial charge >= 0.3 is 11.9 Å². The molecular formula is C26H48O4. The maximum absolute atomic E-state index is 12.6. The van der Waals surface area contributed by atoms with Crippen LogP contribution in [0.25, 0.3) is 0 Å². The largest absolute Gasteiger partial charge is 0.465 e. The van der Waals surface area contributed by atoms with Crippen LogP contribution in [0.1, 0.15) is 124 Å². The second kappa shape index (κ2) is 17.6. The lowest BCUT2D eigenvalue weighted by Gasteiger charge is -2.28. The van der Waals surface area contributed by atoms with Crippen LogP contribution >= 0.6 is 0 Å². The van der Waals surface area contributed by atoms with Crippen LogP contribution in [0.4, 0.5) is 0 Å². The van der Waals surface area contributed by atoms with Gasteiger partial charge in [0, 0.05) is 0 Å². The summed E-state index contributed by atoms with van der Waals surface area (Å²) in [6, 6.07) is 0. The number of esters is 2. The van der Waals surface area contributed by atoms with Crippen molar-refractivity contribution in [1.82, 2.24) is 0 Å². The second-order valence-electron chi connectivity index (χ2n) is 9.55. The van der Waals surface area contributed by atoms with Crippen LogP contribution in [0.2, 0.25) is 0 Å². The van der Waals surface area contributed by atoms with Crippen molar-refractivity contribution in [2.75, 3.05) is 13.2 Å². The molecule has 0 bridgehead atoms. The van der Waals surface area contributed by atoms with E-state index in [4.69, 9.17) is 9.47 Å². The molecule has 0 aliphatic heterocycles. The predicted octanol–water partition coefficient (Wildman–Crippen LogP) is 7.24.